The lowest BCUT2D eigenvalue weighted by Crippen LogP contribution is -2.40. The van der Waals surface area contributed by atoms with E-state index in [1.54, 1.807) is 0 Å². The van der Waals surface area contributed by atoms with E-state index in [1.165, 1.54) is 17.7 Å². The number of aromatic nitrogens is 1. The van der Waals surface area contributed by atoms with Gasteiger partial charge in [-0.1, -0.05) is 12.1 Å². The molecule has 0 spiro atoms. The van der Waals surface area contributed by atoms with Crippen LogP contribution in [0.2, 0.25) is 0 Å². The second kappa shape index (κ2) is 16.7. The van der Waals surface area contributed by atoms with E-state index in [1.807, 2.05) is 18.2 Å². The number of nitrogens with one attached hydrogen (secondary N) is 3. The number of nitrogen functional groups attached to an aromatic ring is 1. The fraction of sp³-hybridized carbons (Fsp3) is 0.476. The molecule has 3 rings (SSSR count). The summed E-state index contributed by atoms with van der Waals surface area (Å²) in [5.41, 5.74) is 9.27. The van der Waals surface area contributed by atoms with Gasteiger partial charge in [0.25, 0.3) is 0 Å². The quantitative estimate of drug-likeness (QED) is 0.384. The highest BCUT2D eigenvalue weighted by Crippen LogP contribution is 2.17. The minimum atomic E-state index is -0.181. The van der Waals surface area contributed by atoms with Crippen molar-refractivity contribution >= 4 is 55.4 Å². The van der Waals surface area contributed by atoms with Crippen LogP contribution in [0.25, 0.3) is 0 Å². The molecule has 1 saturated heterocycles. The molecule has 178 valence electrons. The Balaban J connectivity index is 0. The summed E-state index contributed by atoms with van der Waals surface area (Å²) in [6.07, 6.45) is 1.85. The van der Waals surface area contributed by atoms with Gasteiger partial charge in [-0.2, -0.15) is 0 Å². The lowest BCUT2D eigenvalue weighted by molar-refractivity contribution is 0.419. The van der Waals surface area contributed by atoms with Crippen LogP contribution in [0.1, 0.15) is 16.8 Å². The molecular formula is C21H34Cl4FN5. The van der Waals surface area contributed by atoms with Crippen LogP contribution in [-0.4, -0.2) is 43.7 Å². The molecular weight excluding hydrogens is 483 g/mol. The van der Waals surface area contributed by atoms with Crippen molar-refractivity contribution in [2.24, 2.45) is 5.92 Å². The maximum atomic E-state index is 12.9. The summed E-state index contributed by atoms with van der Waals surface area (Å²) in [6.45, 7) is 6.79. The van der Waals surface area contributed by atoms with Crippen molar-refractivity contribution in [2.45, 2.75) is 25.8 Å². The molecule has 0 unspecified atom stereocenters. The van der Waals surface area contributed by atoms with Gasteiger partial charge >= 0.3 is 0 Å². The third kappa shape index (κ3) is 11.0. The Labute approximate surface area is 209 Å². The summed E-state index contributed by atoms with van der Waals surface area (Å²) in [6, 6.07) is 11.2. The van der Waals surface area contributed by atoms with E-state index in [4.69, 9.17) is 5.73 Å². The number of hydrogen-bond acceptors (Lipinski definition) is 5. The topological polar surface area (TPSA) is 75.0 Å². The summed E-state index contributed by atoms with van der Waals surface area (Å²) in [5.74, 6) is 0.947. The van der Waals surface area contributed by atoms with Crippen molar-refractivity contribution in [3.63, 3.8) is 0 Å². The van der Waals surface area contributed by atoms with Crippen LogP contribution in [0.15, 0.2) is 36.4 Å². The summed E-state index contributed by atoms with van der Waals surface area (Å²) < 4.78 is 12.9. The zero-order chi connectivity index (χ0) is 19.1. The highest BCUT2D eigenvalue weighted by atomic mass is 35.5. The average molecular weight is 517 g/mol. The van der Waals surface area contributed by atoms with Gasteiger partial charge in [-0.3, -0.25) is 0 Å². The number of aryl methyl sites for hydroxylation is 1. The summed E-state index contributed by atoms with van der Waals surface area (Å²) >= 11 is 0. The molecule has 5 nitrogen and oxygen atoms in total. The first-order valence-corrected chi connectivity index (χ1v) is 9.72. The van der Waals surface area contributed by atoms with E-state index in [2.05, 4.69) is 33.9 Å². The van der Waals surface area contributed by atoms with Crippen molar-refractivity contribution in [1.29, 1.82) is 0 Å². The standard InChI is InChI=1S/C21H30FN5.4ClH/c1-15-10-19(27-21(23)11-15)12-17-13-25-14-20(17)26-9-8-24-7-6-16-2-4-18(22)5-3-16;;;;/h2-5,10-11,17,20,24-26H,6-9,12-14H2,1H3,(H2,23,27);4*1H/t17-,20+;;;;/m0..../s1. The number of benzene rings is 1. The van der Waals surface area contributed by atoms with Crippen LogP contribution >= 0.6 is 49.6 Å². The van der Waals surface area contributed by atoms with Crippen molar-refractivity contribution in [3.05, 3.63) is 59.0 Å². The van der Waals surface area contributed by atoms with Gasteiger partial charge in [0.05, 0.1) is 0 Å². The lowest BCUT2D eigenvalue weighted by atomic mass is 9.97. The second-order valence-corrected chi connectivity index (χ2v) is 7.37. The predicted octanol–water partition coefficient (Wildman–Crippen LogP) is 3.35. The molecule has 0 amide bonds. The summed E-state index contributed by atoms with van der Waals surface area (Å²) in [7, 11) is 0. The third-order valence-electron chi connectivity index (χ3n) is 5.07. The largest absolute Gasteiger partial charge is 0.384 e. The van der Waals surface area contributed by atoms with Crippen LogP contribution in [-0.2, 0) is 12.8 Å². The molecule has 1 aromatic carbocycles. The second-order valence-electron chi connectivity index (χ2n) is 7.37. The van der Waals surface area contributed by atoms with Crippen molar-refractivity contribution < 1.29 is 4.39 Å². The van der Waals surface area contributed by atoms with Gasteiger partial charge in [0.15, 0.2) is 0 Å². The molecule has 2 aromatic rings. The zero-order valence-electron chi connectivity index (χ0n) is 17.6. The van der Waals surface area contributed by atoms with Gasteiger partial charge < -0.3 is 21.7 Å². The Morgan fingerprint density at radius 1 is 1.03 bits per heavy atom. The van der Waals surface area contributed by atoms with E-state index in [0.29, 0.717) is 17.8 Å². The molecule has 5 N–H and O–H groups in total. The van der Waals surface area contributed by atoms with E-state index < -0.39 is 0 Å². The van der Waals surface area contributed by atoms with Crippen LogP contribution < -0.4 is 21.7 Å². The average Bonchev–Trinajstić information content (AvgIpc) is 3.05. The minimum Gasteiger partial charge on any atom is -0.384 e. The van der Waals surface area contributed by atoms with Crippen LogP contribution in [0.4, 0.5) is 10.2 Å². The normalized spacial score (nSPS) is 17.0. The number of halogens is 5. The smallest absolute Gasteiger partial charge is 0.123 e. The molecule has 10 heteroatoms. The number of hydrogen-bond donors (Lipinski definition) is 4. The first kappa shape index (κ1) is 32.3. The van der Waals surface area contributed by atoms with Crippen LogP contribution in [0.5, 0.6) is 0 Å². The Morgan fingerprint density at radius 3 is 2.42 bits per heavy atom. The van der Waals surface area contributed by atoms with E-state index in [-0.39, 0.29) is 55.4 Å². The SMILES string of the molecule is Cc1cc(N)nc(C[C@H]2CNC[C@H]2NCCNCCc2ccc(F)cc2)c1.Cl.Cl.Cl.Cl. The molecule has 1 aromatic heterocycles. The molecule has 2 heterocycles. The Hall–Kier alpha value is -0.860. The maximum Gasteiger partial charge on any atom is 0.123 e. The minimum absolute atomic E-state index is 0. The molecule has 1 aliphatic heterocycles. The first-order chi connectivity index (χ1) is 13.1. The molecule has 0 saturated carbocycles. The molecule has 0 radical (unpaired) electrons. The van der Waals surface area contributed by atoms with Crippen molar-refractivity contribution in [2.75, 3.05) is 38.5 Å². The van der Waals surface area contributed by atoms with Crippen LogP contribution in [0, 0.1) is 18.7 Å². The Kier molecular flexibility index (Phi) is 17.4. The maximum absolute atomic E-state index is 12.9. The van der Waals surface area contributed by atoms with Crippen molar-refractivity contribution in [3.8, 4) is 0 Å². The fourth-order valence-corrected chi connectivity index (χ4v) is 3.68. The fourth-order valence-electron chi connectivity index (χ4n) is 3.68. The van der Waals surface area contributed by atoms with Crippen molar-refractivity contribution in [1.82, 2.24) is 20.9 Å². The van der Waals surface area contributed by atoms with Gasteiger partial charge in [-0.05, 0) is 74.2 Å². The highest BCUT2D eigenvalue weighted by Gasteiger charge is 2.26. The van der Waals surface area contributed by atoms with E-state index >= 15 is 0 Å². The summed E-state index contributed by atoms with van der Waals surface area (Å²) in [4.78, 5) is 4.47. The Bertz CT molecular complexity index is 716. The summed E-state index contributed by atoms with van der Waals surface area (Å²) in [5, 5.41) is 10.6. The third-order valence-corrected chi connectivity index (χ3v) is 5.07. The van der Waals surface area contributed by atoms with Gasteiger partial charge in [-0.25, -0.2) is 9.37 Å². The number of nitrogens with zero attached hydrogens (tertiary/aromatic N) is 1. The molecule has 31 heavy (non-hydrogen) atoms. The highest BCUT2D eigenvalue weighted by molar-refractivity contribution is 5.86. The molecule has 1 aliphatic rings. The number of nitrogens with two attached hydrogens (primary N) is 1. The predicted molar refractivity (Wildman–Crippen MR) is 137 cm³/mol. The van der Waals surface area contributed by atoms with Crippen LogP contribution in [0.3, 0.4) is 0 Å². The van der Waals surface area contributed by atoms with E-state index in [9.17, 15) is 4.39 Å². The van der Waals surface area contributed by atoms with Gasteiger partial charge in [0, 0.05) is 31.4 Å². The molecule has 0 aliphatic carbocycles. The number of pyridine rings is 1. The molecule has 0 bridgehead atoms. The number of anilines is 1. The van der Waals surface area contributed by atoms with Gasteiger partial charge in [0.2, 0.25) is 0 Å². The monoisotopic (exact) mass is 515 g/mol. The Morgan fingerprint density at radius 2 is 1.74 bits per heavy atom. The number of rotatable bonds is 9. The van der Waals surface area contributed by atoms with Gasteiger partial charge in [0.1, 0.15) is 11.6 Å². The zero-order valence-corrected chi connectivity index (χ0v) is 20.9. The molecule has 1 fully saturated rings. The lowest BCUT2D eigenvalue weighted by Gasteiger charge is -2.20. The van der Waals surface area contributed by atoms with E-state index in [0.717, 1.165) is 56.8 Å². The first-order valence-electron chi connectivity index (χ1n) is 9.72. The van der Waals surface area contributed by atoms with Gasteiger partial charge in [-0.15, -0.1) is 49.6 Å². The molecule has 2 atom stereocenters.